The molecule has 7 heteroatoms. The summed E-state index contributed by atoms with van der Waals surface area (Å²) in [7, 11) is 0. The van der Waals surface area contributed by atoms with Gasteiger partial charge in [0.25, 0.3) is 11.8 Å². The van der Waals surface area contributed by atoms with E-state index in [2.05, 4.69) is 0 Å². The minimum atomic E-state index is -0.0568. The van der Waals surface area contributed by atoms with Gasteiger partial charge in [0.2, 0.25) is 6.79 Å². The first-order chi connectivity index (χ1) is 14.2. The SMILES string of the molecule is CCOc1ccc(C(=O)N2CCCN(C(=O)c3ccc4c(c3)OCO4)CC2)cc1. The van der Waals surface area contributed by atoms with Gasteiger partial charge in [-0.15, -0.1) is 0 Å². The largest absolute Gasteiger partial charge is 0.494 e. The van der Waals surface area contributed by atoms with Gasteiger partial charge in [0, 0.05) is 37.3 Å². The number of ether oxygens (including phenoxy) is 3. The molecule has 1 fully saturated rings. The highest BCUT2D eigenvalue weighted by Gasteiger charge is 2.25. The lowest BCUT2D eigenvalue weighted by Crippen LogP contribution is -2.37. The molecule has 2 heterocycles. The molecule has 152 valence electrons. The first-order valence-electron chi connectivity index (χ1n) is 9.87. The Hall–Kier alpha value is -3.22. The Bertz CT molecular complexity index is 897. The van der Waals surface area contributed by atoms with E-state index in [4.69, 9.17) is 14.2 Å². The highest BCUT2D eigenvalue weighted by atomic mass is 16.7. The molecular formula is C22H24N2O5. The lowest BCUT2D eigenvalue weighted by atomic mass is 10.1. The molecule has 0 atom stereocenters. The van der Waals surface area contributed by atoms with Gasteiger partial charge in [0.1, 0.15) is 5.75 Å². The minimum absolute atomic E-state index is 0.0228. The summed E-state index contributed by atoms with van der Waals surface area (Å²) in [5.74, 6) is 1.92. The van der Waals surface area contributed by atoms with E-state index in [1.807, 2.05) is 24.0 Å². The number of nitrogens with zero attached hydrogens (tertiary/aromatic N) is 2. The summed E-state index contributed by atoms with van der Waals surface area (Å²) < 4.78 is 16.1. The van der Waals surface area contributed by atoms with Crippen molar-refractivity contribution < 1.29 is 23.8 Å². The van der Waals surface area contributed by atoms with Crippen LogP contribution in [0, 0.1) is 0 Å². The van der Waals surface area contributed by atoms with Crippen molar-refractivity contribution in [3.63, 3.8) is 0 Å². The number of carbonyl (C=O) groups is 2. The van der Waals surface area contributed by atoms with E-state index in [0.717, 1.165) is 12.2 Å². The summed E-state index contributed by atoms with van der Waals surface area (Å²) in [4.78, 5) is 29.4. The molecule has 7 nitrogen and oxygen atoms in total. The van der Waals surface area contributed by atoms with Gasteiger partial charge in [-0.1, -0.05) is 0 Å². The summed E-state index contributed by atoms with van der Waals surface area (Å²) in [5, 5.41) is 0. The molecular weight excluding hydrogens is 372 g/mol. The van der Waals surface area contributed by atoms with Crippen molar-refractivity contribution in [2.45, 2.75) is 13.3 Å². The summed E-state index contributed by atoms with van der Waals surface area (Å²) >= 11 is 0. The first kappa shape index (κ1) is 19.1. The second kappa shape index (κ2) is 8.43. The molecule has 4 rings (SSSR count). The predicted molar refractivity (Wildman–Crippen MR) is 107 cm³/mol. The highest BCUT2D eigenvalue weighted by Crippen LogP contribution is 2.32. The number of amides is 2. The van der Waals surface area contributed by atoms with E-state index in [-0.39, 0.29) is 18.6 Å². The van der Waals surface area contributed by atoms with Gasteiger partial charge in [-0.2, -0.15) is 0 Å². The van der Waals surface area contributed by atoms with Gasteiger partial charge in [-0.3, -0.25) is 9.59 Å². The van der Waals surface area contributed by atoms with Crippen LogP contribution in [0.1, 0.15) is 34.1 Å². The van der Waals surface area contributed by atoms with E-state index < -0.39 is 0 Å². The van der Waals surface area contributed by atoms with E-state index in [1.165, 1.54) is 0 Å². The van der Waals surface area contributed by atoms with E-state index in [1.54, 1.807) is 35.2 Å². The molecule has 0 saturated carbocycles. The fourth-order valence-corrected chi connectivity index (χ4v) is 3.58. The monoisotopic (exact) mass is 396 g/mol. The Labute approximate surface area is 169 Å². The zero-order chi connectivity index (χ0) is 20.2. The topological polar surface area (TPSA) is 68.3 Å². The maximum atomic E-state index is 12.9. The molecule has 2 aromatic carbocycles. The Morgan fingerprint density at radius 1 is 0.862 bits per heavy atom. The van der Waals surface area contributed by atoms with E-state index >= 15 is 0 Å². The van der Waals surface area contributed by atoms with Gasteiger partial charge >= 0.3 is 0 Å². The summed E-state index contributed by atoms with van der Waals surface area (Å²) in [6, 6.07) is 12.4. The van der Waals surface area contributed by atoms with Crippen LogP contribution in [0.3, 0.4) is 0 Å². The third-order valence-electron chi connectivity index (χ3n) is 5.10. The fraction of sp³-hybridized carbons (Fsp3) is 0.364. The minimum Gasteiger partial charge on any atom is -0.494 e. The van der Waals surface area contributed by atoms with Crippen LogP contribution in [-0.4, -0.2) is 61.2 Å². The number of carbonyl (C=O) groups excluding carboxylic acids is 2. The molecule has 1 saturated heterocycles. The lowest BCUT2D eigenvalue weighted by Gasteiger charge is -2.22. The molecule has 0 unspecified atom stereocenters. The average Bonchev–Trinajstić information content (AvgIpc) is 3.08. The summed E-state index contributed by atoms with van der Waals surface area (Å²) in [6.07, 6.45) is 0.735. The number of benzene rings is 2. The fourth-order valence-electron chi connectivity index (χ4n) is 3.58. The van der Waals surface area contributed by atoms with Crippen LogP contribution in [0.25, 0.3) is 0 Å². The molecule has 0 spiro atoms. The summed E-state index contributed by atoms with van der Waals surface area (Å²) in [5.41, 5.74) is 1.20. The van der Waals surface area contributed by atoms with Gasteiger partial charge in [0.05, 0.1) is 6.61 Å². The van der Waals surface area contributed by atoms with Crippen LogP contribution in [0.15, 0.2) is 42.5 Å². The van der Waals surface area contributed by atoms with E-state index in [0.29, 0.717) is 55.4 Å². The quantitative estimate of drug-likeness (QED) is 0.795. The molecule has 0 aliphatic carbocycles. The maximum Gasteiger partial charge on any atom is 0.254 e. The van der Waals surface area contributed by atoms with Crippen molar-refractivity contribution in [2.24, 2.45) is 0 Å². The van der Waals surface area contributed by atoms with Crippen LogP contribution in [0.5, 0.6) is 17.2 Å². The molecule has 2 amide bonds. The smallest absolute Gasteiger partial charge is 0.254 e. The zero-order valence-corrected chi connectivity index (χ0v) is 16.4. The van der Waals surface area contributed by atoms with E-state index in [9.17, 15) is 9.59 Å². The van der Waals surface area contributed by atoms with Crippen molar-refractivity contribution >= 4 is 11.8 Å². The van der Waals surface area contributed by atoms with Crippen LogP contribution >= 0.6 is 0 Å². The van der Waals surface area contributed by atoms with Crippen LogP contribution in [0.4, 0.5) is 0 Å². The molecule has 0 N–H and O–H groups in total. The third kappa shape index (κ3) is 4.13. The van der Waals surface area contributed by atoms with Gasteiger partial charge in [-0.25, -0.2) is 0 Å². The van der Waals surface area contributed by atoms with Gasteiger partial charge in [0.15, 0.2) is 11.5 Å². The number of rotatable bonds is 4. The Morgan fingerprint density at radius 2 is 1.48 bits per heavy atom. The number of fused-ring (bicyclic) bond motifs is 1. The van der Waals surface area contributed by atoms with Crippen molar-refractivity contribution in [3.05, 3.63) is 53.6 Å². The standard InChI is InChI=1S/C22H24N2O5/c1-2-27-18-7-4-16(5-8-18)21(25)23-10-3-11-24(13-12-23)22(26)17-6-9-19-20(14-17)29-15-28-19/h4-9,14H,2-3,10-13,15H2,1H3. The van der Waals surface area contributed by atoms with Crippen LogP contribution < -0.4 is 14.2 Å². The first-order valence-corrected chi connectivity index (χ1v) is 9.87. The van der Waals surface area contributed by atoms with Crippen molar-refractivity contribution in [1.29, 1.82) is 0 Å². The normalized spacial score (nSPS) is 15.8. The Kier molecular flexibility index (Phi) is 5.55. The average molecular weight is 396 g/mol. The molecule has 2 aliphatic rings. The number of hydrogen-bond acceptors (Lipinski definition) is 5. The highest BCUT2D eigenvalue weighted by molar-refractivity contribution is 5.96. The molecule has 2 aliphatic heterocycles. The Balaban J connectivity index is 1.39. The van der Waals surface area contributed by atoms with Crippen molar-refractivity contribution in [1.82, 2.24) is 9.80 Å². The maximum absolute atomic E-state index is 12.9. The van der Waals surface area contributed by atoms with Crippen LogP contribution in [-0.2, 0) is 0 Å². The van der Waals surface area contributed by atoms with Crippen molar-refractivity contribution in [3.8, 4) is 17.2 Å². The van der Waals surface area contributed by atoms with Gasteiger partial charge < -0.3 is 24.0 Å². The number of hydrogen-bond donors (Lipinski definition) is 0. The predicted octanol–water partition coefficient (Wildman–Crippen LogP) is 2.80. The summed E-state index contributed by atoms with van der Waals surface area (Å²) in [6.45, 7) is 4.93. The molecule has 0 bridgehead atoms. The van der Waals surface area contributed by atoms with Crippen molar-refractivity contribution in [2.75, 3.05) is 39.6 Å². The second-order valence-corrected chi connectivity index (χ2v) is 6.96. The second-order valence-electron chi connectivity index (χ2n) is 6.96. The van der Waals surface area contributed by atoms with Gasteiger partial charge in [-0.05, 0) is 55.8 Å². The molecule has 0 radical (unpaired) electrons. The molecule has 29 heavy (non-hydrogen) atoms. The zero-order valence-electron chi connectivity index (χ0n) is 16.4. The molecule has 0 aromatic heterocycles. The Morgan fingerprint density at radius 3 is 2.17 bits per heavy atom. The third-order valence-corrected chi connectivity index (χ3v) is 5.10. The molecule has 2 aromatic rings. The lowest BCUT2D eigenvalue weighted by molar-refractivity contribution is 0.0718. The van der Waals surface area contributed by atoms with Crippen LogP contribution in [0.2, 0.25) is 0 Å².